The first-order valence-electron chi connectivity index (χ1n) is 8.49. The van der Waals surface area contributed by atoms with Crippen LogP contribution in [0.25, 0.3) is 0 Å². The van der Waals surface area contributed by atoms with Crippen LogP contribution in [0.15, 0.2) is 78.9 Å². The van der Waals surface area contributed by atoms with Crippen molar-refractivity contribution in [2.24, 2.45) is 0 Å². The molecule has 0 radical (unpaired) electrons. The van der Waals surface area contributed by atoms with Gasteiger partial charge in [-0.1, -0.05) is 89.9 Å². The van der Waals surface area contributed by atoms with Crippen LogP contribution in [-0.2, 0) is 6.42 Å². The normalized spacial score (nSPS) is 11.8. The second-order valence-electron chi connectivity index (χ2n) is 6.06. The van der Waals surface area contributed by atoms with Gasteiger partial charge in [0.2, 0.25) is 0 Å². The molecule has 2 nitrogen and oxygen atoms in total. The van der Waals surface area contributed by atoms with E-state index < -0.39 is 0 Å². The van der Waals surface area contributed by atoms with Gasteiger partial charge in [0.15, 0.2) is 0 Å². The van der Waals surface area contributed by atoms with Crippen LogP contribution in [0.2, 0.25) is 10.0 Å². The molecule has 0 bridgehead atoms. The van der Waals surface area contributed by atoms with Gasteiger partial charge in [-0.05, 0) is 36.1 Å². The van der Waals surface area contributed by atoms with Gasteiger partial charge in [0, 0.05) is 0 Å². The summed E-state index contributed by atoms with van der Waals surface area (Å²) in [5.41, 5.74) is 2.69. The Morgan fingerprint density at radius 2 is 1.50 bits per heavy atom. The number of nitrogens with one attached hydrogen (secondary N) is 1. The predicted octanol–water partition coefficient (Wildman–Crippen LogP) is 6.10. The van der Waals surface area contributed by atoms with Crippen molar-refractivity contribution in [3.05, 3.63) is 106 Å². The smallest absolute Gasteiger partial charge is 0.253 e. The third-order valence-electron chi connectivity index (χ3n) is 4.27. The van der Waals surface area contributed by atoms with Crippen LogP contribution in [0, 0.1) is 0 Å². The van der Waals surface area contributed by atoms with E-state index in [1.54, 1.807) is 18.2 Å². The van der Waals surface area contributed by atoms with Gasteiger partial charge in [-0.3, -0.25) is 4.79 Å². The van der Waals surface area contributed by atoms with Gasteiger partial charge in [0.1, 0.15) is 0 Å². The number of aryl methyl sites for hydroxylation is 1. The number of halogens is 2. The predicted molar refractivity (Wildman–Crippen MR) is 108 cm³/mol. The Kier molecular flexibility index (Phi) is 6.32. The topological polar surface area (TPSA) is 29.1 Å². The minimum Gasteiger partial charge on any atom is -0.345 e. The molecule has 3 aromatic carbocycles. The molecule has 1 unspecified atom stereocenters. The average Bonchev–Trinajstić information content (AvgIpc) is 2.68. The van der Waals surface area contributed by atoms with E-state index in [1.165, 1.54) is 5.56 Å². The van der Waals surface area contributed by atoms with Crippen molar-refractivity contribution in [3.8, 4) is 0 Å². The summed E-state index contributed by atoms with van der Waals surface area (Å²) in [5, 5.41) is 3.76. The number of benzene rings is 3. The maximum atomic E-state index is 12.8. The summed E-state index contributed by atoms with van der Waals surface area (Å²) in [4.78, 5) is 12.8. The summed E-state index contributed by atoms with van der Waals surface area (Å²) in [6, 6.07) is 25.2. The molecule has 1 amide bonds. The minimum atomic E-state index is -0.223. The van der Waals surface area contributed by atoms with Gasteiger partial charge < -0.3 is 5.32 Å². The summed E-state index contributed by atoms with van der Waals surface area (Å²) >= 11 is 12.2. The highest BCUT2D eigenvalue weighted by Crippen LogP contribution is 2.27. The number of hydrogen-bond acceptors (Lipinski definition) is 1. The Labute approximate surface area is 163 Å². The summed E-state index contributed by atoms with van der Waals surface area (Å²) in [7, 11) is 0. The van der Waals surface area contributed by atoms with E-state index in [-0.39, 0.29) is 17.0 Å². The first kappa shape index (κ1) is 18.5. The summed E-state index contributed by atoms with van der Waals surface area (Å²) in [6.07, 6.45) is 1.65. The van der Waals surface area contributed by atoms with E-state index in [0.29, 0.717) is 10.6 Å². The third kappa shape index (κ3) is 4.66. The highest BCUT2D eigenvalue weighted by molar-refractivity contribution is 6.43. The monoisotopic (exact) mass is 383 g/mol. The van der Waals surface area contributed by atoms with Crippen molar-refractivity contribution in [1.82, 2.24) is 5.32 Å². The first-order chi connectivity index (χ1) is 12.6. The zero-order valence-electron chi connectivity index (χ0n) is 14.2. The molecular formula is C22H19Cl2NO. The van der Waals surface area contributed by atoms with E-state index in [1.807, 2.05) is 48.5 Å². The van der Waals surface area contributed by atoms with Gasteiger partial charge in [-0.25, -0.2) is 0 Å². The van der Waals surface area contributed by atoms with Crippen molar-refractivity contribution in [3.63, 3.8) is 0 Å². The molecule has 4 heteroatoms. The van der Waals surface area contributed by atoms with Crippen LogP contribution in [-0.4, -0.2) is 5.91 Å². The van der Waals surface area contributed by atoms with E-state index in [4.69, 9.17) is 23.2 Å². The number of hydrogen-bond donors (Lipinski definition) is 1. The molecule has 0 fully saturated rings. The molecule has 132 valence electrons. The second-order valence-corrected chi connectivity index (χ2v) is 6.85. The second kappa shape index (κ2) is 8.88. The Morgan fingerprint density at radius 1 is 0.846 bits per heavy atom. The lowest BCUT2D eigenvalue weighted by Crippen LogP contribution is -2.29. The summed E-state index contributed by atoms with van der Waals surface area (Å²) in [6.45, 7) is 0. The van der Waals surface area contributed by atoms with E-state index in [2.05, 4.69) is 17.4 Å². The van der Waals surface area contributed by atoms with Crippen LogP contribution in [0.5, 0.6) is 0 Å². The SMILES string of the molecule is O=C(NC(CCc1ccccc1)c1ccccc1)c1cccc(Cl)c1Cl. The molecule has 0 aromatic heterocycles. The van der Waals surface area contributed by atoms with E-state index >= 15 is 0 Å². The molecule has 0 aliphatic heterocycles. The Bertz CT molecular complexity index is 866. The highest BCUT2D eigenvalue weighted by Gasteiger charge is 2.18. The lowest BCUT2D eigenvalue weighted by Gasteiger charge is -2.20. The summed E-state index contributed by atoms with van der Waals surface area (Å²) in [5.74, 6) is -0.223. The molecule has 0 heterocycles. The van der Waals surface area contributed by atoms with E-state index in [0.717, 1.165) is 18.4 Å². The molecule has 0 aliphatic carbocycles. The molecule has 0 spiro atoms. The van der Waals surface area contributed by atoms with Crippen LogP contribution >= 0.6 is 23.2 Å². The lowest BCUT2D eigenvalue weighted by molar-refractivity contribution is 0.0935. The van der Waals surface area contributed by atoms with Gasteiger partial charge in [0.25, 0.3) is 5.91 Å². The zero-order chi connectivity index (χ0) is 18.4. The van der Waals surface area contributed by atoms with Crippen molar-refractivity contribution in [2.45, 2.75) is 18.9 Å². The number of carbonyl (C=O) groups is 1. The van der Waals surface area contributed by atoms with Crippen molar-refractivity contribution in [2.75, 3.05) is 0 Å². The fourth-order valence-corrected chi connectivity index (χ4v) is 3.26. The molecule has 1 N–H and O–H groups in total. The van der Waals surface area contributed by atoms with Gasteiger partial charge in [-0.15, -0.1) is 0 Å². The Balaban J connectivity index is 1.79. The molecule has 0 saturated carbocycles. The fourth-order valence-electron chi connectivity index (χ4n) is 2.88. The van der Waals surface area contributed by atoms with Crippen LogP contribution in [0.3, 0.4) is 0 Å². The number of rotatable bonds is 6. The maximum Gasteiger partial charge on any atom is 0.253 e. The molecule has 3 rings (SSSR count). The first-order valence-corrected chi connectivity index (χ1v) is 9.24. The molecule has 26 heavy (non-hydrogen) atoms. The largest absolute Gasteiger partial charge is 0.345 e. The third-order valence-corrected chi connectivity index (χ3v) is 5.09. The minimum absolute atomic E-state index is 0.112. The Hall–Kier alpha value is -2.29. The molecule has 0 aliphatic rings. The summed E-state index contributed by atoms with van der Waals surface area (Å²) < 4.78 is 0. The van der Waals surface area contributed by atoms with Gasteiger partial charge in [-0.2, -0.15) is 0 Å². The quantitative estimate of drug-likeness (QED) is 0.547. The number of carbonyl (C=O) groups excluding carboxylic acids is 1. The van der Waals surface area contributed by atoms with Crippen molar-refractivity contribution in [1.29, 1.82) is 0 Å². The van der Waals surface area contributed by atoms with Gasteiger partial charge in [0.05, 0.1) is 21.7 Å². The molecular weight excluding hydrogens is 365 g/mol. The highest BCUT2D eigenvalue weighted by atomic mass is 35.5. The number of amides is 1. The lowest BCUT2D eigenvalue weighted by atomic mass is 9.98. The standard InChI is InChI=1S/C22H19Cl2NO/c23-19-13-7-12-18(21(19)24)22(26)25-20(17-10-5-2-6-11-17)15-14-16-8-3-1-4-9-16/h1-13,20H,14-15H2,(H,25,26). The Morgan fingerprint density at radius 3 is 2.19 bits per heavy atom. The van der Waals surface area contributed by atoms with Crippen LogP contribution in [0.1, 0.15) is 33.9 Å². The maximum absolute atomic E-state index is 12.8. The molecule has 0 saturated heterocycles. The fraction of sp³-hybridized carbons (Fsp3) is 0.136. The molecule has 3 aromatic rings. The van der Waals surface area contributed by atoms with Crippen molar-refractivity contribution >= 4 is 29.1 Å². The van der Waals surface area contributed by atoms with Crippen LogP contribution in [0.4, 0.5) is 0 Å². The van der Waals surface area contributed by atoms with Gasteiger partial charge >= 0.3 is 0 Å². The van der Waals surface area contributed by atoms with Crippen molar-refractivity contribution < 1.29 is 4.79 Å². The van der Waals surface area contributed by atoms with Crippen LogP contribution < -0.4 is 5.32 Å². The average molecular weight is 384 g/mol. The van der Waals surface area contributed by atoms with E-state index in [9.17, 15) is 4.79 Å². The zero-order valence-corrected chi connectivity index (χ0v) is 15.7. The molecule has 1 atom stereocenters.